The molecular weight excluding hydrogens is 448 g/mol. The van der Waals surface area contributed by atoms with Crippen LogP contribution in [0, 0.1) is 0 Å². The van der Waals surface area contributed by atoms with E-state index >= 15 is 0 Å². The molecule has 166 valence electrons. The summed E-state index contributed by atoms with van der Waals surface area (Å²) in [4.78, 5) is 52.3. The number of anilines is 1. The third kappa shape index (κ3) is 4.96. The van der Waals surface area contributed by atoms with Gasteiger partial charge in [0.1, 0.15) is 11.2 Å². The molecule has 3 N–H and O–H groups in total. The van der Waals surface area contributed by atoms with Crippen LogP contribution < -0.4 is 20.9 Å². The fourth-order valence-corrected chi connectivity index (χ4v) is 3.15. The Hall–Kier alpha value is -4.31. The fraction of sp³-hybridized carbons (Fsp3) is 0.0909. The SMILES string of the molecule is COc1ncc2cc(C(=O)Nc3cc(C(=O)NCc4cccnc4)ccc3Cl)c(=O)[nH]c2n1. The highest BCUT2D eigenvalue weighted by Gasteiger charge is 2.16. The van der Waals surface area contributed by atoms with E-state index in [2.05, 4.69) is 30.6 Å². The van der Waals surface area contributed by atoms with Gasteiger partial charge in [-0.1, -0.05) is 17.7 Å². The smallest absolute Gasteiger partial charge is 0.318 e. The number of pyridine rings is 2. The monoisotopic (exact) mass is 464 g/mol. The number of nitrogens with zero attached hydrogens (tertiary/aromatic N) is 3. The van der Waals surface area contributed by atoms with E-state index in [4.69, 9.17) is 16.3 Å². The predicted octanol–water partition coefficient (Wildman–Crippen LogP) is 2.56. The molecule has 0 aliphatic carbocycles. The maximum Gasteiger partial charge on any atom is 0.318 e. The van der Waals surface area contributed by atoms with Gasteiger partial charge < -0.3 is 20.4 Å². The first kappa shape index (κ1) is 21.9. The Bertz CT molecular complexity index is 1410. The molecule has 0 unspecified atom stereocenters. The van der Waals surface area contributed by atoms with Gasteiger partial charge in [-0.25, -0.2) is 4.98 Å². The maximum absolute atomic E-state index is 12.8. The summed E-state index contributed by atoms with van der Waals surface area (Å²) in [5.74, 6) is -1.07. The molecule has 11 heteroatoms. The summed E-state index contributed by atoms with van der Waals surface area (Å²) in [6.45, 7) is 0.288. The van der Waals surface area contributed by atoms with Crippen molar-refractivity contribution >= 4 is 40.1 Å². The van der Waals surface area contributed by atoms with E-state index in [0.717, 1.165) is 5.56 Å². The number of rotatable bonds is 6. The lowest BCUT2D eigenvalue weighted by atomic mass is 10.1. The number of carbonyl (C=O) groups is 2. The molecule has 0 atom stereocenters. The molecule has 2 amide bonds. The molecule has 0 spiro atoms. The first-order valence-electron chi connectivity index (χ1n) is 9.66. The van der Waals surface area contributed by atoms with Gasteiger partial charge in [-0.2, -0.15) is 4.98 Å². The van der Waals surface area contributed by atoms with Gasteiger partial charge in [0, 0.05) is 36.1 Å². The Labute approximate surface area is 192 Å². The summed E-state index contributed by atoms with van der Waals surface area (Å²) >= 11 is 6.20. The molecule has 0 aliphatic heterocycles. The molecule has 4 aromatic rings. The van der Waals surface area contributed by atoms with Gasteiger partial charge in [0.15, 0.2) is 0 Å². The number of H-pyrrole nitrogens is 1. The van der Waals surface area contributed by atoms with Crippen LogP contribution >= 0.6 is 11.6 Å². The Balaban J connectivity index is 1.53. The lowest BCUT2D eigenvalue weighted by molar-refractivity contribution is 0.0949. The number of halogens is 1. The van der Waals surface area contributed by atoms with Gasteiger partial charge in [0.2, 0.25) is 0 Å². The zero-order chi connectivity index (χ0) is 23.4. The minimum absolute atomic E-state index is 0.0840. The lowest BCUT2D eigenvalue weighted by Gasteiger charge is -2.10. The zero-order valence-electron chi connectivity index (χ0n) is 17.3. The Morgan fingerprint density at radius 3 is 2.76 bits per heavy atom. The molecule has 0 saturated heterocycles. The van der Waals surface area contributed by atoms with Crippen LogP contribution in [0.25, 0.3) is 11.0 Å². The van der Waals surface area contributed by atoms with Crippen LogP contribution in [0.2, 0.25) is 5.02 Å². The first-order valence-corrected chi connectivity index (χ1v) is 10.0. The number of nitrogens with one attached hydrogen (secondary N) is 3. The van der Waals surface area contributed by atoms with Crippen molar-refractivity contribution in [3.8, 4) is 6.01 Å². The molecule has 3 aromatic heterocycles. The number of carbonyl (C=O) groups excluding carboxylic acids is 2. The molecule has 0 fully saturated rings. The fourth-order valence-electron chi connectivity index (χ4n) is 2.98. The minimum atomic E-state index is -0.705. The molecular formula is C22H17ClN6O4. The summed E-state index contributed by atoms with van der Waals surface area (Å²) < 4.78 is 4.93. The average molecular weight is 465 g/mol. The van der Waals surface area contributed by atoms with Crippen LogP contribution in [-0.4, -0.2) is 38.9 Å². The minimum Gasteiger partial charge on any atom is -0.467 e. The first-order chi connectivity index (χ1) is 15.9. The van der Waals surface area contributed by atoms with Gasteiger partial charge >= 0.3 is 6.01 Å². The van der Waals surface area contributed by atoms with E-state index in [1.165, 1.54) is 37.6 Å². The summed E-state index contributed by atoms with van der Waals surface area (Å²) in [7, 11) is 1.40. The highest BCUT2D eigenvalue weighted by atomic mass is 35.5. The number of hydrogen-bond acceptors (Lipinski definition) is 7. The third-order valence-corrected chi connectivity index (χ3v) is 4.98. The molecule has 0 radical (unpaired) electrons. The summed E-state index contributed by atoms with van der Waals surface area (Å²) in [5, 5.41) is 5.99. The summed E-state index contributed by atoms with van der Waals surface area (Å²) in [6, 6.07) is 9.51. The van der Waals surface area contributed by atoms with Crippen molar-refractivity contribution in [1.82, 2.24) is 25.3 Å². The van der Waals surface area contributed by atoms with Crippen molar-refractivity contribution < 1.29 is 14.3 Å². The van der Waals surface area contributed by atoms with E-state index < -0.39 is 11.5 Å². The second-order valence-corrected chi connectivity index (χ2v) is 7.27. The molecule has 0 saturated carbocycles. The Morgan fingerprint density at radius 2 is 2.00 bits per heavy atom. The highest BCUT2D eigenvalue weighted by Crippen LogP contribution is 2.24. The molecule has 0 aliphatic rings. The number of hydrogen-bond donors (Lipinski definition) is 3. The van der Waals surface area contributed by atoms with Crippen LogP contribution in [0.4, 0.5) is 5.69 Å². The molecule has 10 nitrogen and oxygen atoms in total. The molecule has 4 rings (SSSR count). The van der Waals surface area contributed by atoms with Crippen molar-refractivity contribution in [3.05, 3.63) is 87.1 Å². The van der Waals surface area contributed by atoms with E-state index in [-0.39, 0.29) is 45.9 Å². The molecule has 0 bridgehead atoms. The number of ether oxygens (including phenoxy) is 1. The average Bonchev–Trinajstić information content (AvgIpc) is 2.83. The van der Waals surface area contributed by atoms with Crippen molar-refractivity contribution in [2.75, 3.05) is 12.4 Å². The van der Waals surface area contributed by atoms with Crippen LogP contribution in [0.5, 0.6) is 6.01 Å². The number of fused-ring (bicyclic) bond motifs is 1. The lowest BCUT2D eigenvalue weighted by Crippen LogP contribution is -2.25. The topological polar surface area (TPSA) is 139 Å². The Morgan fingerprint density at radius 1 is 1.15 bits per heavy atom. The quantitative estimate of drug-likeness (QED) is 0.398. The van der Waals surface area contributed by atoms with Gasteiger partial charge in [0.25, 0.3) is 17.4 Å². The number of methoxy groups -OCH3 is 1. The van der Waals surface area contributed by atoms with Crippen molar-refractivity contribution in [2.24, 2.45) is 0 Å². The van der Waals surface area contributed by atoms with E-state index in [1.54, 1.807) is 18.5 Å². The number of aromatic amines is 1. The molecule has 1 aromatic carbocycles. The van der Waals surface area contributed by atoms with Crippen molar-refractivity contribution in [2.45, 2.75) is 6.54 Å². The largest absolute Gasteiger partial charge is 0.467 e. The standard InChI is InChI=1S/C22H17ClN6O4/c1-33-22-26-11-14-7-15(21(32)28-18(14)29-22)20(31)27-17-8-13(4-5-16(17)23)19(30)25-10-12-3-2-6-24-9-12/h2-9,11H,10H2,1H3,(H,25,30)(H,27,31)(H,26,28,29,32). The van der Waals surface area contributed by atoms with Gasteiger partial charge in [-0.15, -0.1) is 0 Å². The van der Waals surface area contributed by atoms with Gasteiger partial charge in [0.05, 0.1) is 17.8 Å². The van der Waals surface area contributed by atoms with Crippen LogP contribution in [0.1, 0.15) is 26.3 Å². The summed E-state index contributed by atoms with van der Waals surface area (Å²) in [6.07, 6.45) is 4.72. The van der Waals surface area contributed by atoms with Crippen LogP contribution in [0.3, 0.4) is 0 Å². The maximum atomic E-state index is 12.8. The molecule has 33 heavy (non-hydrogen) atoms. The van der Waals surface area contributed by atoms with Gasteiger partial charge in [-0.3, -0.25) is 19.4 Å². The number of aromatic nitrogens is 4. The number of amides is 2. The third-order valence-electron chi connectivity index (χ3n) is 4.65. The zero-order valence-corrected chi connectivity index (χ0v) is 18.0. The second kappa shape index (κ2) is 9.45. The molecule has 3 heterocycles. The van der Waals surface area contributed by atoms with E-state index in [9.17, 15) is 14.4 Å². The van der Waals surface area contributed by atoms with Crippen LogP contribution in [0.15, 0.2) is 59.8 Å². The van der Waals surface area contributed by atoms with Crippen molar-refractivity contribution in [1.29, 1.82) is 0 Å². The highest BCUT2D eigenvalue weighted by molar-refractivity contribution is 6.34. The number of benzene rings is 1. The van der Waals surface area contributed by atoms with E-state index in [1.807, 2.05) is 6.07 Å². The van der Waals surface area contributed by atoms with E-state index in [0.29, 0.717) is 5.39 Å². The van der Waals surface area contributed by atoms with Crippen molar-refractivity contribution in [3.63, 3.8) is 0 Å². The normalized spacial score (nSPS) is 10.6. The van der Waals surface area contributed by atoms with Gasteiger partial charge in [-0.05, 0) is 35.9 Å². The predicted molar refractivity (Wildman–Crippen MR) is 122 cm³/mol. The second-order valence-electron chi connectivity index (χ2n) is 6.87. The summed E-state index contributed by atoms with van der Waals surface area (Å²) in [5.41, 5.74) is 0.716. The Kier molecular flexibility index (Phi) is 6.27. The van der Waals surface area contributed by atoms with Crippen LogP contribution in [-0.2, 0) is 6.54 Å².